The molecule has 0 bridgehead atoms. The quantitative estimate of drug-likeness (QED) is 0.651. The van der Waals surface area contributed by atoms with Gasteiger partial charge in [-0.15, -0.1) is 0 Å². The normalized spacial score (nSPS) is 11.9. The molecule has 8 nitrogen and oxygen atoms in total. The van der Waals surface area contributed by atoms with E-state index in [1.54, 1.807) is 13.8 Å². The highest BCUT2D eigenvalue weighted by molar-refractivity contribution is 6.33. The number of aryl methyl sites for hydroxylation is 2. The highest BCUT2D eigenvalue weighted by Gasteiger charge is 2.26. The molecule has 0 aliphatic rings. The molecule has 1 aromatic carbocycles. The van der Waals surface area contributed by atoms with Crippen LogP contribution in [0.4, 0.5) is 10.2 Å². The van der Waals surface area contributed by atoms with Crippen LogP contribution in [-0.4, -0.2) is 32.9 Å². The summed E-state index contributed by atoms with van der Waals surface area (Å²) in [5.74, 6) is -1.07. The van der Waals surface area contributed by atoms with Gasteiger partial charge in [-0.2, -0.15) is 5.10 Å². The van der Waals surface area contributed by atoms with Crippen LogP contribution in [0.5, 0.6) is 0 Å². The van der Waals surface area contributed by atoms with E-state index in [1.165, 1.54) is 41.9 Å². The third kappa shape index (κ3) is 4.04. The third-order valence-electron chi connectivity index (χ3n) is 3.81. The number of halogens is 2. The topological polar surface area (TPSA) is 99.2 Å². The fourth-order valence-electron chi connectivity index (χ4n) is 2.41. The van der Waals surface area contributed by atoms with Crippen molar-refractivity contribution in [3.8, 4) is 5.69 Å². The molecule has 28 heavy (non-hydrogen) atoms. The molecule has 0 saturated heterocycles. The molecule has 0 saturated carbocycles. The maximum atomic E-state index is 13.1. The molecule has 0 aliphatic carbocycles. The average molecular weight is 407 g/mol. The Balaban J connectivity index is 1.75. The van der Waals surface area contributed by atoms with Gasteiger partial charge in [-0.1, -0.05) is 16.8 Å². The Labute approximate surface area is 164 Å². The molecule has 1 amide bonds. The number of benzene rings is 1. The molecule has 10 heteroatoms. The van der Waals surface area contributed by atoms with E-state index in [0.29, 0.717) is 17.1 Å². The molecule has 0 fully saturated rings. The molecular formula is C18H16ClFN4O4. The lowest BCUT2D eigenvalue weighted by molar-refractivity contribution is -0.123. The highest BCUT2D eigenvalue weighted by atomic mass is 35.5. The van der Waals surface area contributed by atoms with Crippen LogP contribution in [0.15, 0.2) is 34.9 Å². The zero-order valence-electron chi connectivity index (χ0n) is 15.2. The number of carbonyl (C=O) groups is 2. The summed E-state index contributed by atoms with van der Waals surface area (Å²) in [5.41, 5.74) is 0.794. The Morgan fingerprint density at radius 2 is 1.96 bits per heavy atom. The van der Waals surface area contributed by atoms with Crippen molar-refractivity contribution in [2.45, 2.75) is 26.9 Å². The fourth-order valence-corrected chi connectivity index (χ4v) is 2.76. The molecule has 3 aromatic rings. The van der Waals surface area contributed by atoms with E-state index in [0.717, 1.165) is 0 Å². The van der Waals surface area contributed by atoms with Crippen LogP contribution >= 0.6 is 11.6 Å². The van der Waals surface area contributed by atoms with Gasteiger partial charge in [0.15, 0.2) is 11.9 Å². The van der Waals surface area contributed by atoms with Gasteiger partial charge in [-0.3, -0.25) is 4.79 Å². The Kier molecular flexibility index (Phi) is 5.46. The summed E-state index contributed by atoms with van der Waals surface area (Å²) in [5, 5.41) is 10.3. The lowest BCUT2D eigenvalue weighted by Crippen LogP contribution is -2.30. The average Bonchev–Trinajstić information content (AvgIpc) is 3.18. The van der Waals surface area contributed by atoms with Crippen molar-refractivity contribution in [3.05, 3.63) is 58.3 Å². The van der Waals surface area contributed by atoms with E-state index in [9.17, 15) is 14.0 Å². The molecule has 2 aromatic heterocycles. The van der Waals surface area contributed by atoms with Crippen LogP contribution in [0.2, 0.25) is 5.15 Å². The highest BCUT2D eigenvalue weighted by Crippen LogP contribution is 2.25. The molecule has 3 rings (SSSR count). The van der Waals surface area contributed by atoms with Gasteiger partial charge < -0.3 is 14.6 Å². The van der Waals surface area contributed by atoms with Crippen LogP contribution in [0, 0.1) is 19.7 Å². The van der Waals surface area contributed by atoms with E-state index in [-0.39, 0.29) is 16.5 Å². The summed E-state index contributed by atoms with van der Waals surface area (Å²) < 4.78 is 24.4. The molecule has 0 radical (unpaired) electrons. The first-order valence-electron chi connectivity index (χ1n) is 8.22. The number of rotatable bonds is 5. The van der Waals surface area contributed by atoms with E-state index >= 15 is 0 Å². The maximum absolute atomic E-state index is 13.1. The van der Waals surface area contributed by atoms with Gasteiger partial charge in [0.2, 0.25) is 0 Å². The summed E-state index contributed by atoms with van der Waals surface area (Å²) in [6.45, 7) is 4.66. The Morgan fingerprint density at radius 3 is 2.57 bits per heavy atom. The van der Waals surface area contributed by atoms with Crippen LogP contribution in [0.25, 0.3) is 5.69 Å². The van der Waals surface area contributed by atoms with Crippen molar-refractivity contribution >= 4 is 29.3 Å². The summed E-state index contributed by atoms with van der Waals surface area (Å²) in [6, 6.07) is 6.97. The van der Waals surface area contributed by atoms with Crippen molar-refractivity contribution in [2.24, 2.45) is 0 Å². The van der Waals surface area contributed by atoms with Crippen LogP contribution in [0.1, 0.15) is 28.7 Å². The van der Waals surface area contributed by atoms with E-state index in [2.05, 4.69) is 15.6 Å². The molecule has 2 heterocycles. The first kappa shape index (κ1) is 19.6. The molecule has 0 aliphatic heterocycles. The van der Waals surface area contributed by atoms with Gasteiger partial charge in [0.25, 0.3) is 5.91 Å². The Hall–Kier alpha value is -3.20. The van der Waals surface area contributed by atoms with Crippen molar-refractivity contribution in [1.29, 1.82) is 0 Å². The summed E-state index contributed by atoms with van der Waals surface area (Å²) >= 11 is 6.28. The van der Waals surface area contributed by atoms with Crippen LogP contribution in [0.3, 0.4) is 0 Å². The Bertz CT molecular complexity index is 1030. The van der Waals surface area contributed by atoms with Gasteiger partial charge in [-0.25, -0.2) is 13.9 Å². The molecule has 146 valence electrons. The van der Waals surface area contributed by atoms with Crippen molar-refractivity contribution in [2.75, 3.05) is 5.32 Å². The summed E-state index contributed by atoms with van der Waals surface area (Å²) in [6.07, 6.45) is -1.12. The first-order chi connectivity index (χ1) is 13.3. The number of nitrogens with one attached hydrogen (secondary N) is 1. The van der Waals surface area contributed by atoms with Gasteiger partial charge in [0.1, 0.15) is 22.3 Å². The third-order valence-corrected chi connectivity index (χ3v) is 4.16. The first-order valence-corrected chi connectivity index (χ1v) is 8.60. The van der Waals surface area contributed by atoms with Gasteiger partial charge in [-0.05, 0) is 45.0 Å². The zero-order chi connectivity index (χ0) is 20.4. The predicted molar refractivity (Wildman–Crippen MR) is 98.0 cm³/mol. The second-order valence-corrected chi connectivity index (χ2v) is 6.36. The number of hydrogen-bond donors (Lipinski definition) is 1. The number of anilines is 1. The summed E-state index contributed by atoms with van der Waals surface area (Å²) in [7, 11) is 0. The number of amides is 1. The molecule has 0 spiro atoms. The minimum Gasteiger partial charge on any atom is -0.449 e. The van der Waals surface area contributed by atoms with E-state index < -0.39 is 23.8 Å². The lowest BCUT2D eigenvalue weighted by Gasteiger charge is -2.12. The van der Waals surface area contributed by atoms with Crippen molar-refractivity contribution in [3.63, 3.8) is 0 Å². The number of esters is 1. The standard InChI is InChI=1S/C18H16ClFN4O4/c1-9-8-14(23-28-9)21-17(25)11(3)27-18(26)15-10(2)22-24(16(15)19)13-6-4-12(20)5-7-13/h4-8,11H,1-3H3,(H,21,23,25)/t11-/m0/s1. The number of hydrogen-bond acceptors (Lipinski definition) is 6. The van der Waals surface area contributed by atoms with Crippen LogP contribution < -0.4 is 5.32 Å². The second-order valence-electron chi connectivity index (χ2n) is 6.00. The minimum absolute atomic E-state index is 0.00570. The molecule has 1 atom stereocenters. The maximum Gasteiger partial charge on any atom is 0.344 e. The van der Waals surface area contributed by atoms with Crippen LogP contribution in [-0.2, 0) is 9.53 Å². The molecule has 1 N–H and O–H groups in total. The summed E-state index contributed by atoms with van der Waals surface area (Å²) in [4.78, 5) is 24.7. The smallest absolute Gasteiger partial charge is 0.344 e. The zero-order valence-corrected chi connectivity index (χ0v) is 16.0. The van der Waals surface area contributed by atoms with Gasteiger partial charge >= 0.3 is 5.97 Å². The van der Waals surface area contributed by atoms with Gasteiger partial charge in [0.05, 0.1) is 11.4 Å². The fraction of sp³-hybridized carbons (Fsp3) is 0.222. The Morgan fingerprint density at radius 1 is 1.29 bits per heavy atom. The number of ether oxygens (including phenoxy) is 1. The lowest BCUT2D eigenvalue weighted by atomic mass is 10.2. The van der Waals surface area contributed by atoms with E-state index in [1.807, 2.05) is 0 Å². The second kappa shape index (κ2) is 7.81. The largest absolute Gasteiger partial charge is 0.449 e. The van der Waals surface area contributed by atoms with Crippen molar-refractivity contribution in [1.82, 2.24) is 14.9 Å². The molecular weight excluding hydrogens is 391 g/mol. The predicted octanol–water partition coefficient (Wildman–Crippen LogP) is 3.45. The molecule has 0 unspecified atom stereocenters. The number of nitrogens with zero attached hydrogens (tertiary/aromatic N) is 3. The number of aromatic nitrogens is 3. The number of carbonyl (C=O) groups excluding carboxylic acids is 2. The monoisotopic (exact) mass is 406 g/mol. The van der Waals surface area contributed by atoms with E-state index in [4.69, 9.17) is 20.9 Å². The minimum atomic E-state index is -1.12. The van der Waals surface area contributed by atoms with Crippen molar-refractivity contribution < 1.29 is 23.2 Å². The van der Waals surface area contributed by atoms with Gasteiger partial charge in [0, 0.05) is 6.07 Å². The SMILES string of the molecule is Cc1cc(NC(=O)[C@H](C)OC(=O)c2c(C)nn(-c3ccc(F)cc3)c2Cl)no1.